The predicted octanol–water partition coefficient (Wildman–Crippen LogP) is 3.43. The lowest BCUT2D eigenvalue weighted by Gasteiger charge is -2.31. The molecule has 21 heavy (non-hydrogen) atoms. The lowest BCUT2D eigenvalue weighted by Crippen LogP contribution is -2.34. The van der Waals surface area contributed by atoms with E-state index in [9.17, 15) is 5.11 Å². The summed E-state index contributed by atoms with van der Waals surface area (Å²) in [7, 11) is 0. The van der Waals surface area contributed by atoms with E-state index in [2.05, 4.69) is 0 Å². The lowest BCUT2D eigenvalue weighted by molar-refractivity contribution is 0.0618. The molecule has 0 aromatic heterocycles. The molecule has 1 heterocycles. The van der Waals surface area contributed by atoms with Crippen molar-refractivity contribution in [3.8, 4) is 11.5 Å². The van der Waals surface area contributed by atoms with Crippen LogP contribution < -0.4 is 15.2 Å². The molecule has 0 saturated heterocycles. The molecule has 1 fully saturated rings. The van der Waals surface area contributed by atoms with Crippen molar-refractivity contribution in [2.45, 2.75) is 44.2 Å². The molecule has 1 aromatic carbocycles. The van der Waals surface area contributed by atoms with Gasteiger partial charge in [-0.2, -0.15) is 0 Å². The molecule has 1 saturated carbocycles. The van der Waals surface area contributed by atoms with Crippen molar-refractivity contribution in [1.29, 1.82) is 0 Å². The predicted molar refractivity (Wildman–Crippen MR) is 84.3 cm³/mol. The van der Waals surface area contributed by atoms with Crippen molar-refractivity contribution in [2.24, 2.45) is 11.7 Å². The molecule has 2 atom stereocenters. The van der Waals surface area contributed by atoms with E-state index in [1.54, 1.807) is 12.1 Å². The lowest BCUT2D eigenvalue weighted by atomic mass is 9.81. The van der Waals surface area contributed by atoms with Crippen LogP contribution in [0.25, 0.3) is 0 Å². The van der Waals surface area contributed by atoms with Gasteiger partial charge >= 0.3 is 0 Å². The molecule has 118 valence electrons. The molecule has 1 aliphatic carbocycles. The number of nitrogens with two attached hydrogens (primary N) is 1. The summed E-state index contributed by atoms with van der Waals surface area (Å²) >= 11 is 6.26. The van der Waals surface area contributed by atoms with Crippen LogP contribution in [0.4, 0.5) is 0 Å². The topological polar surface area (TPSA) is 64.7 Å². The van der Waals surface area contributed by atoms with Crippen LogP contribution >= 0.6 is 24.0 Å². The fraction of sp³-hybridized carbons (Fsp3) is 0.600. The Kier molecular flexibility index (Phi) is 5.60. The van der Waals surface area contributed by atoms with E-state index < -0.39 is 12.1 Å². The Morgan fingerprint density at radius 3 is 2.43 bits per heavy atom. The van der Waals surface area contributed by atoms with Gasteiger partial charge in [0, 0.05) is 11.1 Å². The van der Waals surface area contributed by atoms with Gasteiger partial charge in [-0.25, -0.2) is 0 Å². The van der Waals surface area contributed by atoms with E-state index >= 15 is 0 Å². The number of halogens is 2. The normalized spacial score (nSPS) is 20.7. The van der Waals surface area contributed by atoms with Crippen LogP contribution in [-0.4, -0.2) is 18.0 Å². The first-order valence-electron chi connectivity index (χ1n) is 7.19. The number of rotatable bonds is 3. The number of fused-ring (bicyclic) bond motifs is 1. The second kappa shape index (κ2) is 7.05. The fourth-order valence-electron chi connectivity index (χ4n) is 3.14. The Labute approximate surface area is 136 Å². The third kappa shape index (κ3) is 3.39. The molecule has 1 aromatic rings. The largest absolute Gasteiger partial charge is 0.454 e. The summed E-state index contributed by atoms with van der Waals surface area (Å²) in [5, 5.41) is 11.0. The van der Waals surface area contributed by atoms with Gasteiger partial charge in [-0.15, -0.1) is 12.4 Å². The molecule has 0 spiro atoms. The Bertz CT molecular complexity index is 492. The van der Waals surface area contributed by atoms with Gasteiger partial charge in [0.2, 0.25) is 6.79 Å². The summed E-state index contributed by atoms with van der Waals surface area (Å²) in [6.45, 7) is 0.204. The molecule has 0 unspecified atom stereocenters. The number of aliphatic hydroxyl groups is 1. The van der Waals surface area contributed by atoms with Gasteiger partial charge in [0.05, 0.1) is 12.1 Å². The highest BCUT2D eigenvalue weighted by atomic mass is 35.5. The summed E-state index contributed by atoms with van der Waals surface area (Å²) in [5.41, 5.74) is 6.96. The highest BCUT2D eigenvalue weighted by Crippen LogP contribution is 2.40. The maximum absolute atomic E-state index is 10.5. The summed E-state index contributed by atoms with van der Waals surface area (Å²) in [6.07, 6.45) is 5.11. The van der Waals surface area contributed by atoms with Crippen molar-refractivity contribution < 1.29 is 14.6 Å². The second-order valence-electron chi connectivity index (χ2n) is 5.64. The van der Waals surface area contributed by atoms with Gasteiger partial charge in [-0.3, -0.25) is 0 Å². The molecule has 0 amide bonds. The van der Waals surface area contributed by atoms with Gasteiger partial charge in [0.1, 0.15) is 0 Å². The monoisotopic (exact) mass is 333 g/mol. The number of benzene rings is 1. The molecule has 1 aliphatic heterocycles. The van der Waals surface area contributed by atoms with E-state index in [1.807, 2.05) is 0 Å². The second-order valence-corrected chi connectivity index (χ2v) is 6.05. The van der Waals surface area contributed by atoms with E-state index in [0.29, 0.717) is 16.5 Å². The highest BCUT2D eigenvalue weighted by molar-refractivity contribution is 6.31. The van der Waals surface area contributed by atoms with Crippen LogP contribution in [0, 0.1) is 5.92 Å². The third-order valence-electron chi connectivity index (χ3n) is 4.35. The van der Waals surface area contributed by atoms with Gasteiger partial charge in [-0.1, -0.05) is 30.9 Å². The van der Waals surface area contributed by atoms with Crippen LogP contribution in [0.1, 0.15) is 43.7 Å². The molecule has 0 radical (unpaired) electrons. The van der Waals surface area contributed by atoms with Crippen molar-refractivity contribution in [3.05, 3.63) is 22.7 Å². The Hall–Kier alpha value is -0.680. The molecule has 3 N–H and O–H groups in total. The molecule has 4 nitrogen and oxygen atoms in total. The Morgan fingerprint density at radius 1 is 1.14 bits per heavy atom. The van der Waals surface area contributed by atoms with E-state index in [0.717, 1.165) is 18.4 Å². The maximum Gasteiger partial charge on any atom is 0.231 e. The van der Waals surface area contributed by atoms with Crippen LogP contribution in [0.2, 0.25) is 5.02 Å². The summed E-state index contributed by atoms with van der Waals surface area (Å²) in [5.74, 6) is 1.55. The minimum Gasteiger partial charge on any atom is -0.454 e. The smallest absolute Gasteiger partial charge is 0.231 e. The first-order chi connectivity index (χ1) is 9.66. The molecule has 0 bridgehead atoms. The van der Waals surface area contributed by atoms with Gasteiger partial charge < -0.3 is 20.3 Å². The minimum absolute atomic E-state index is 0. The van der Waals surface area contributed by atoms with E-state index in [4.69, 9.17) is 26.8 Å². The average Bonchev–Trinajstić information content (AvgIpc) is 2.93. The van der Waals surface area contributed by atoms with Crippen LogP contribution in [0.15, 0.2) is 12.1 Å². The van der Waals surface area contributed by atoms with Crippen molar-refractivity contribution in [3.63, 3.8) is 0 Å². The van der Waals surface area contributed by atoms with Crippen LogP contribution in [0.3, 0.4) is 0 Å². The molecule has 6 heteroatoms. The quantitative estimate of drug-likeness (QED) is 0.889. The number of hydrogen-bond acceptors (Lipinski definition) is 4. The van der Waals surface area contributed by atoms with Crippen molar-refractivity contribution in [2.75, 3.05) is 6.79 Å². The maximum atomic E-state index is 10.5. The standard InChI is InChI=1S/C15H20ClNO3.ClH/c16-11-7-13-12(19-8-20-13)6-10(11)14(17)15(18)9-4-2-1-3-5-9;/h6-7,9,14-15,18H,1-5,8,17H2;1H/t14-,15+;/m0./s1. The molecule has 3 rings (SSSR count). The molecular formula is C15H21Cl2NO3. The van der Waals surface area contributed by atoms with E-state index in [-0.39, 0.29) is 25.1 Å². The zero-order valence-electron chi connectivity index (χ0n) is 11.8. The summed E-state index contributed by atoms with van der Waals surface area (Å²) < 4.78 is 10.6. The molecule has 2 aliphatic rings. The Morgan fingerprint density at radius 2 is 1.76 bits per heavy atom. The first kappa shape index (κ1) is 16.7. The first-order valence-corrected chi connectivity index (χ1v) is 7.57. The average molecular weight is 334 g/mol. The Balaban J connectivity index is 0.00000161. The summed E-state index contributed by atoms with van der Waals surface area (Å²) in [4.78, 5) is 0. The van der Waals surface area contributed by atoms with Gasteiger partial charge in [-0.05, 0) is 30.4 Å². The number of hydrogen-bond donors (Lipinski definition) is 2. The zero-order valence-corrected chi connectivity index (χ0v) is 13.3. The van der Waals surface area contributed by atoms with Crippen LogP contribution in [-0.2, 0) is 0 Å². The SMILES string of the molecule is Cl.N[C@@H](c1cc2c(cc1Cl)OCO2)[C@H](O)C1CCCCC1. The van der Waals surface area contributed by atoms with Crippen molar-refractivity contribution in [1.82, 2.24) is 0 Å². The van der Waals surface area contributed by atoms with Crippen molar-refractivity contribution >= 4 is 24.0 Å². The highest BCUT2D eigenvalue weighted by Gasteiger charge is 2.30. The van der Waals surface area contributed by atoms with Crippen LogP contribution in [0.5, 0.6) is 11.5 Å². The number of ether oxygens (including phenoxy) is 2. The number of aliphatic hydroxyl groups excluding tert-OH is 1. The zero-order chi connectivity index (χ0) is 14.1. The van der Waals surface area contributed by atoms with Gasteiger partial charge in [0.15, 0.2) is 11.5 Å². The fourth-order valence-corrected chi connectivity index (χ4v) is 3.42. The molecular weight excluding hydrogens is 313 g/mol. The van der Waals surface area contributed by atoms with Gasteiger partial charge in [0.25, 0.3) is 0 Å². The minimum atomic E-state index is -0.562. The third-order valence-corrected chi connectivity index (χ3v) is 4.68. The van der Waals surface area contributed by atoms with E-state index in [1.165, 1.54) is 19.3 Å². The summed E-state index contributed by atoms with van der Waals surface area (Å²) in [6, 6.07) is 3.02.